The van der Waals surface area contributed by atoms with Gasteiger partial charge in [0.1, 0.15) is 123 Å². The van der Waals surface area contributed by atoms with Gasteiger partial charge in [-0.05, 0) is 61.1 Å². The topological polar surface area (TPSA) is 768 Å². The maximum atomic E-state index is 14.8. The molecule has 6 fully saturated rings. The number of amidine groups is 4. The summed E-state index contributed by atoms with van der Waals surface area (Å²) in [6.07, 6.45) is -11.0. The minimum Gasteiger partial charge on any atom is -0.476 e. The first-order valence-corrected chi connectivity index (χ1v) is 39.7. The number of imidazole rings is 1. The van der Waals surface area contributed by atoms with E-state index in [0.717, 1.165) is 11.1 Å². The van der Waals surface area contributed by atoms with E-state index in [1.54, 1.807) is 27.0 Å². The van der Waals surface area contributed by atoms with E-state index in [1.165, 1.54) is 97.5 Å². The monoisotopic (exact) mass is 1930 g/mol. The molecule has 134 heavy (non-hydrogen) atoms. The second-order valence-corrected chi connectivity index (χ2v) is 31.2. The molecule has 0 saturated carbocycles. The molecule has 0 aliphatic carbocycles. The molecule has 6 saturated heterocycles. The summed E-state index contributed by atoms with van der Waals surface area (Å²) in [5.41, 5.74) is 38.2. The fourth-order valence-corrected chi connectivity index (χ4v) is 14.8. The number of alkyl halides is 7. The Kier molecular flexibility index (Phi) is 34.7. The molecular weight excluding hydrogens is 1830 g/mol. The van der Waals surface area contributed by atoms with Gasteiger partial charge in [-0.25, -0.2) is 60.4 Å². The quantitative estimate of drug-likeness (QED) is 0.0129. The molecule has 3 aromatic heterocycles. The number of ether oxygens (including phenoxy) is 7. The number of aliphatic hydroxyl groups excluding tert-OH is 12. The summed E-state index contributed by atoms with van der Waals surface area (Å²) < 4.78 is 141. The fourth-order valence-electron chi connectivity index (χ4n) is 14.5. The number of carbonyl (C=O) groups excluding carboxylic acids is 1. The minimum absolute atomic E-state index is 0.0522. The van der Waals surface area contributed by atoms with Crippen LogP contribution < -0.4 is 32.3 Å². The zero-order valence-electron chi connectivity index (χ0n) is 71.0. The van der Waals surface area contributed by atoms with E-state index in [0.29, 0.717) is 29.6 Å². The van der Waals surface area contributed by atoms with Crippen LogP contribution in [0.3, 0.4) is 0 Å². The zero-order chi connectivity index (χ0) is 99.1. The van der Waals surface area contributed by atoms with Gasteiger partial charge in [-0.15, -0.1) is 16.7 Å². The number of amides is 1. The minimum atomic E-state index is -2.67. The van der Waals surface area contributed by atoms with Crippen LogP contribution in [0.15, 0.2) is 182 Å². The Hall–Kier alpha value is -12.5. The average molecular weight is 1930 g/mol. The number of azide groups is 4. The molecule has 11 aliphatic rings. The summed E-state index contributed by atoms with van der Waals surface area (Å²) >= 11 is 6.13. The van der Waals surface area contributed by atoms with Crippen molar-refractivity contribution in [1.82, 2.24) is 75.1 Å². The number of hydroxylamine groups is 1. The van der Waals surface area contributed by atoms with E-state index < -0.39 is 221 Å². The normalized spacial score (nSPS) is 34.7. The van der Waals surface area contributed by atoms with Crippen LogP contribution in [0.1, 0.15) is 25.9 Å². The lowest BCUT2D eigenvalue weighted by Gasteiger charge is -2.36. The van der Waals surface area contributed by atoms with Crippen LogP contribution in [-0.2, 0) is 39.8 Å². The van der Waals surface area contributed by atoms with Crippen molar-refractivity contribution in [1.29, 1.82) is 0 Å². The third kappa shape index (κ3) is 21.5. The number of nitrogens with one attached hydrogen (secondary N) is 3. The summed E-state index contributed by atoms with van der Waals surface area (Å²) in [5, 5.41) is 151. The Morgan fingerprint density at radius 2 is 1.04 bits per heavy atom. The molecule has 11 aliphatic heterocycles. The smallest absolute Gasteiger partial charge is 0.262 e. The molecule has 20 N–H and O–H groups in total. The van der Waals surface area contributed by atoms with E-state index in [9.17, 15) is 91.7 Å². The summed E-state index contributed by atoms with van der Waals surface area (Å²) in [6, 6.07) is 0. The third-order valence-electron chi connectivity index (χ3n) is 21.8. The highest BCUT2D eigenvalue weighted by Crippen LogP contribution is 2.48. The van der Waals surface area contributed by atoms with Gasteiger partial charge >= 0.3 is 0 Å². The molecule has 0 bridgehead atoms. The number of aryl methyl sites for hydroxylation is 1. The first kappa shape index (κ1) is 105. The number of aromatic nitrogens is 7. The van der Waals surface area contributed by atoms with E-state index >= 15 is 0 Å². The molecule has 0 aromatic carbocycles. The highest BCUT2D eigenvalue weighted by molar-refractivity contribution is 6.25. The average Bonchev–Trinajstić information content (AvgIpc) is 1.61. The lowest BCUT2D eigenvalue weighted by molar-refractivity contribution is -0.209. The molecule has 54 nitrogen and oxygen atoms in total. The largest absolute Gasteiger partial charge is 0.476 e. The lowest BCUT2D eigenvalue weighted by Crippen LogP contribution is -2.51. The van der Waals surface area contributed by atoms with Gasteiger partial charge in [0.2, 0.25) is 5.88 Å². The molecule has 62 heteroatoms. The molecular formula is C72H95ClF7N33O21. The third-order valence-corrected chi connectivity index (χ3v) is 22.2. The van der Waals surface area contributed by atoms with Gasteiger partial charge in [-0.2, -0.15) is 4.98 Å². The molecule has 14 heterocycles. The highest BCUT2D eigenvalue weighted by Gasteiger charge is 2.65. The van der Waals surface area contributed by atoms with Gasteiger partial charge in [0.05, 0.1) is 84.9 Å². The summed E-state index contributed by atoms with van der Waals surface area (Å²) in [6.45, 7) is 16.9. The first-order chi connectivity index (χ1) is 63.5. The Morgan fingerprint density at radius 1 is 0.604 bits per heavy atom. The Morgan fingerprint density at radius 3 is 1.48 bits per heavy atom. The number of nitrogens with two attached hydrogens (primary N) is 2. The van der Waals surface area contributed by atoms with Gasteiger partial charge in [0.15, 0.2) is 96.9 Å². The van der Waals surface area contributed by atoms with E-state index in [-0.39, 0.29) is 58.9 Å². The maximum Gasteiger partial charge on any atom is 0.262 e. The molecule has 0 unspecified atom stereocenters. The van der Waals surface area contributed by atoms with E-state index in [2.05, 4.69) is 129 Å². The van der Waals surface area contributed by atoms with Crippen LogP contribution in [0.25, 0.3) is 52.9 Å². The van der Waals surface area contributed by atoms with E-state index in [1.807, 2.05) is 5.48 Å². The number of hydrogen-bond acceptors (Lipinski definition) is 42. The van der Waals surface area contributed by atoms with Crippen molar-refractivity contribution in [2.45, 2.75) is 171 Å². The Bertz CT molecular complexity index is 5290. The molecule has 730 valence electrons. The van der Waals surface area contributed by atoms with E-state index in [4.69, 9.17) is 88.7 Å². The molecule has 24 atom stereocenters. The van der Waals surface area contributed by atoms with Gasteiger partial charge in [-0.1, -0.05) is 58.6 Å². The van der Waals surface area contributed by atoms with Crippen molar-refractivity contribution in [3.63, 3.8) is 0 Å². The van der Waals surface area contributed by atoms with Crippen molar-refractivity contribution < 1.29 is 135 Å². The second-order valence-electron chi connectivity index (χ2n) is 30.3. The number of halogens is 8. The van der Waals surface area contributed by atoms with Crippen LogP contribution in [0.5, 0.6) is 5.88 Å². The summed E-state index contributed by atoms with van der Waals surface area (Å²) in [7, 11) is 1.58. The molecule has 3 aromatic rings. The lowest BCUT2D eigenvalue weighted by atomic mass is 9.96. The number of carbonyl (C=O) groups is 1. The number of fused-ring (bicyclic) bond motifs is 1. The predicted molar refractivity (Wildman–Crippen MR) is 447 cm³/mol. The second kappa shape index (κ2) is 44.1. The van der Waals surface area contributed by atoms with Crippen LogP contribution >= 0.6 is 11.6 Å². The Balaban J connectivity index is 0.000000181. The zero-order valence-corrected chi connectivity index (χ0v) is 71.8. The number of nitrogens with zero attached hydrogens (tertiary/aromatic N) is 28. The fraction of sp³-hybridized carbons (Fsp3) is 0.556. The highest BCUT2D eigenvalue weighted by atomic mass is 35.5. The van der Waals surface area contributed by atoms with Gasteiger partial charge in [0.25, 0.3) is 11.8 Å². The first-order valence-electron chi connectivity index (χ1n) is 39.3. The molecule has 14 rings (SSSR count). The maximum absolute atomic E-state index is 14.8. The standard InChI is InChI=1S/C14H18FN7O4.C13H17FN6O3.C12H17FN6O3.C11H14ClFN2O4.C11H14F2N6O3.C11H15FN6O4/c1-3-25-12-9-11(19-7(2)20-12)22(6-17-9)13-8(15)10(24)14(5-23,26-13)4-18-21-16;1-8-17-9(15)2-4-20(8)12-10(14)11(22)13(7-21,23-12)6-19-5-3-16-18-19;1-7-17-8(15-2)3-4-19(7)11-9(13)10(21)12(6-20,22-11)5-16-18-14;1-6-14-7(17)3-4-15(6)9-10(2,12)8(18)11(13,5-16)19-9;1-5-17-9(14)6(12)2-19(5)10-7(13)8(21)11(4-20,22-10)3-16-18-15;1-6-15-7(16-21)2-3-18(6)10-8(12)9(20)11(5-19,22-10)4-14-17-13/h6,8,10,13,23-24H,3-5H2,1-2H3;2-5,10-12,21-22H,1,6-7H2,(H2,15,17);3-4,9-11,20-21H,1,5-6H2,2H3,(H,15,17);3-4,8-9,16,18H,1,5H2,2H3,(H,14,17);2,7-8,10,20-21H,1,3-4H2,(H2,14,17);2-3,8-10,19-21H,1,4-5H2,(H,15,16)/t8-,10+,13-,14-;10-,11+,12-,13-;9-,10+,11-,12-;8-,9+,10+,11+;7-,8+,10-,11-;8-,9+,10-,11-/m111011/s1. The van der Waals surface area contributed by atoms with Gasteiger partial charge in [-0.3, -0.25) is 25.0 Å². The van der Waals surface area contributed by atoms with Crippen molar-refractivity contribution >= 4 is 52.0 Å². The van der Waals surface area contributed by atoms with Gasteiger partial charge in [0, 0.05) is 70.0 Å². The molecule has 0 spiro atoms. The molecule has 1 amide bonds. The number of rotatable bonds is 24. The molecule has 0 radical (unpaired) electrons. The van der Waals surface area contributed by atoms with Crippen LogP contribution in [-0.4, -0.2) is 372 Å². The van der Waals surface area contributed by atoms with Crippen molar-refractivity contribution in [2.24, 2.45) is 51.9 Å². The number of aliphatic imine (C=N–C) groups is 4. The van der Waals surface area contributed by atoms with Crippen molar-refractivity contribution in [2.75, 3.05) is 79.5 Å². The van der Waals surface area contributed by atoms with Crippen molar-refractivity contribution in [3.05, 3.63) is 189 Å². The number of aliphatic hydroxyl groups is 12. The Labute approximate surface area is 757 Å². The predicted octanol–water partition coefficient (Wildman–Crippen LogP) is -0.899. The van der Waals surface area contributed by atoms with Crippen molar-refractivity contribution in [3.8, 4) is 5.88 Å². The van der Waals surface area contributed by atoms with Crippen LogP contribution in [0.4, 0.5) is 30.7 Å². The summed E-state index contributed by atoms with van der Waals surface area (Å²) in [4.78, 5) is 53.7. The SMILES string of the molecule is C=C1N=C(N)C(F)=CN1[C@@H]1O[C@@](CO)(CN=[N+]=[N-])[C@@H](O)[C@H]1F.C=C1N=C(N)C=CN1[C@@H]1O[C@@](CO)(Cn2ccnn2)[C@@H](O)[C@H]1F.C=C1N=C(NO)C=CN1[C@@H]1O[C@@](CO)(CN=[N+]=[N-])[C@@H](O)[C@H]1F.C=C1NC(=NC)C=CN1[C@@H]1O[C@@](CO)(CN=[N+]=[N-])[C@@H](O)[C@H]1F.C=C1NC(=O)C=CN1[C@@H]1O[C@](F)(CO)[C@@H](O)[C@@]1(C)Cl.CCOc1nc(C)nc2c1ncn2[C@@H]1O[C@@](CO)(CN=[N+]=[N-])[C@@H](O)[C@H]1F. The number of hydrogen-bond donors (Lipinski definition) is 18. The van der Waals surface area contributed by atoms with Crippen LogP contribution in [0, 0.1) is 6.92 Å². The van der Waals surface area contributed by atoms with Crippen LogP contribution in [0.2, 0.25) is 0 Å². The van der Waals surface area contributed by atoms with Gasteiger partial charge < -0.3 is 141 Å². The summed E-state index contributed by atoms with van der Waals surface area (Å²) in [5.74, 6) is -2.31.